The van der Waals surface area contributed by atoms with Gasteiger partial charge in [-0.05, 0) is 31.0 Å². The van der Waals surface area contributed by atoms with E-state index in [0.29, 0.717) is 13.1 Å². The highest BCUT2D eigenvalue weighted by Crippen LogP contribution is 2.31. The number of benzene rings is 2. The molecule has 180 valence electrons. The van der Waals surface area contributed by atoms with Crippen LogP contribution in [-0.2, 0) is 27.5 Å². The second-order valence-corrected chi connectivity index (χ2v) is 8.83. The summed E-state index contributed by atoms with van der Waals surface area (Å²) in [5, 5.41) is 5.04. The third kappa shape index (κ3) is 4.19. The molecule has 4 amide bonds. The van der Waals surface area contributed by atoms with Gasteiger partial charge in [0.1, 0.15) is 6.04 Å². The summed E-state index contributed by atoms with van der Waals surface area (Å²) in [5.41, 5.74) is 2.65. The summed E-state index contributed by atoms with van der Waals surface area (Å²) in [4.78, 5) is 52.6. The molecule has 3 heterocycles. The van der Waals surface area contributed by atoms with E-state index in [1.807, 2.05) is 67.6 Å². The Morgan fingerprint density at radius 3 is 2.63 bits per heavy atom. The number of hydrogen-bond acceptors (Lipinski definition) is 5. The standard InChI is InChI=1S/C26H27N5O4/c1-17-24-30(22(32)16-35-31(24)26(34)28-14-19-8-4-3-5-9-19)18(2)25(33)29(17)15-21-11-6-10-20-12-7-13-27-23(20)21/h3-13,17-18,24H,14-16H2,1-2H3,(H,28,34)/t17-,18-,24-/m0/s1. The average molecular weight is 474 g/mol. The second kappa shape index (κ2) is 9.34. The van der Waals surface area contributed by atoms with Crippen molar-refractivity contribution in [1.82, 2.24) is 25.2 Å². The van der Waals surface area contributed by atoms with Crippen LogP contribution in [0.5, 0.6) is 0 Å². The van der Waals surface area contributed by atoms with Crippen LogP contribution in [-0.4, -0.2) is 62.5 Å². The van der Waals surface area contributed by atoms with E-state index in [4.69, 9.17) is 4.84 Å². The summed E-state index contributed by atoms with van der Waals surface area (Å²) in [6, 6.07) is 17.5. The van der Waals surface area contributed by atoms with Crippen molar-refractivity contribution in [2.45, 2.75) is 45.2 Å². The van der Waals surface area contributed by atoms with Crippen LogP contribution in [0.15, 0.2) is 66.9 Å². The number of nitrogens with zero attached hydrogens (tertiary/aromatic N) is 4. The molecule has 3 aromatic rings. The molecule has 2 aromatic carbocycles. The lowest BCUT2D eigenvalue weighted by atomic mass is 10.0. The minimum absolute atomic E-state index is 0.179. The van der Waals surface area contributed by atoms with Gasteiger partial charge in [0, 0.05) is 24.7 Å². The molecule has 9 heteroatoms. The monoisotopic (exact) mass is 473 g/mol. The molecule has 2 aliphatic rings. The lowest BCUT2D eigenvalue weighted by molar-refractivity contribution is -0.244. The highest BCUT2D eigenvalue weighted by atomic mass is 16.7. The van der Waals surface area contributed by atoms with Crippen LogP contribution < -0.4 is 5.32 Å². The third-order valence-electron chi connectivity index (χ3n) is 6.66. The van der Waals surface area contributed by atoms with Crippen LogP contribution >= 0.6 is 0 Å². The lowest BCUT2D eigenvalue weighted by Gasteiger charge is -2.53. The number of rotatable bonds is 4. The summed E-state index contributed by atoms with van der Waals surface area (Å²) in [6.45, 7) is 3.84. The number of hydrogen-bond donors (Lipinski definition) is 1. The van der Waals surface area contributed by atoms with Crippen molar-refractivity contribution in [2.75, 3.05) is 6.61 Å². The highest BCUT2D eigenvalue weighted by Gasteiger charge is 2.52. The van der Waals surface area contributed by atoms with Crippen LogP contribution in [0.3, 0.4) is 0 Å². The molecule has 0 unspecified atom stereocenters. The van der Waals surface area contributed by atoms with Crippen molar-refractivity contribution in [3.63, 3.8) is 0 Å². The zero-order chi connectivity index (χ0) is 24.5. The van der Waals surface area contributed by atoms with Crippen LogP contribution in [0.25, 0.3) is 10.9 Å². The van der Waals surface area contributed by atoms with Crippen molar-refractivity contribution in [3.05, 3.63) is 78.0 Å². The molecule has 0 radical (unpaired) electrons. The fourth-order valence-corrected chi connectivity index (χ4v) is 4.86. The molecule has 2 aliphatic heterocycles. The first-order chi connectivity index (χ1) is 17.0. The SMILES string of the molecule is C[C@H]1[C@@H]2N(C(=O)NCc3ccccc3)OCC(=O)N2[C@@H](C)C(=O)N1Cc1cccc2cccnc12. The molecule has 2 fully saturated rings. The van der Waals surface area contributed by atoms with Gasteiger partial charge in [-0.3, -0.25) is 19.4 Å². The first-order valence-corrected chi connectivity index (χ1v) is 11.6. The molecule has 35 heavy (non-hydrogen) atoms. The molecule has 0 bridgehead atoms. The Labute approximate surface area is 203 Å². The average Bonchev–Trinajstić information content (AvgIpc) is 2.89. The van der Waals surface area contributed by atoms with Gasteiger partial charge in [0.15, 0.2) is 12.8 Å². The summed E-state index contributed by atoms with van der Waals surface area (Å²) in [5.74, 6) is -0.497. The Bertz CT molecular complexity index is 1260. The van der Waals surface area contributed by atoms with E-state index in [2.05, 4.69) is 10.3 Å². The number of para-hydroxylation sites is 1. The topological polar surface area (TPSA) is 95.1 Å². The lowest BCUT2D eigenvalue weighted by Crippen LogP contribution is -2.74. The maximum absolute atomic E-state index is 13.4. The Morgan fingerprint density at radius 1 is 1.06 bits per heavy atom. The normalized spacial score (nSPS) is 22.3. The number of hydroxylamine groups is 2. The van der Waals surface area contributed by atoms with Crippen LogP contribution in [0.2, 0.25) is 0 Å². The predicted molar refractivity (Wildman–Crippen MR) is 128 cm³/mol. The minimum atomic E-state index is -0.761. The quantitative estimate of drug-likeness (QED) is 0.629. The van der Waals surface area contributed by atoms with Crippen LogP contribution in [0.4, 0.5) is 4.79 Å². The first-order valence-electron chi connectivity index (χ1n) is 11.6. The minimum Gasteiger partial charge on any atom is -0.332 e. The molecule has 0 saturated carbocycles. The fourth-order valence-electron chi connectivity index (χ4n) is 4.86. The van der Waals surface area contributed by atoms with Crippen molar-refractivity contribution in [1.29, 1.82) is 0 Å². The van der Waals surface area contributed by atoms with Crippen molar-refractivity contribution in [2.24, 2.45) is 0 Å². The molecule has 0 spiro atoms. The van der Waals surface area contributed by atoms with E-state index >= 15 is 0 Å². The molecule has 3 atom stereocenters. The maximum Gasteiger partial charge on any atom is 0.343 e. The van der Waals surface area contributed by atoms with Gasteiger partial charge >= 0.3 is 6.03 Å². The van der Waals surface area contributed by atoms with Gasteiger partial charge in [0.05, 0.1) is 11.6 Å². The van der Waals surface area contributed by atoms with E-state index in [0.717, 1.165) is 22.0 Å². The van der Waals surface area contributed by atoms with Crippen LogP contribution in [0.1, 0.15) is 25.0 Å². The predicted octanol–water partition coefficient (Wildman–Crippen LogP) is 2.67. The van der Waals surface area contributed by atoms with E-state index < -0.39 is 24.3 Å². The summed E-state index contributed by atoms with van der Waals surface area (Å²) in [7, 11) is 0. The molecular weight excluding hydrogens is 446 g/mol. The zero-order valence-electron chi connectivity index (χ0n) is 19.6. The highest BCUT2D eigenvalue weighted by molar-refractivity contribution is 5.91. The van der Waals surface area contributed by atoms with Gasteiger partial charge in [0.25, 0.3) is 5.91 Å². The molecule has 2 saturated heterocycles. The fraction of sp³-hybridized carbons (Fsp3) is 0.308. The second-order valence-electron chi connectivity index (χ2n) is 8.83. The maximum atomic E-state index is 13.4. The van der Waals surface area contributed by atoms with E-state index in [1.165, 1.54) is 9.96 Å². The smallest absolute Gasteiger partial charge is 0.332 e. The number of amides is 4. The number of carbonyl (C=O) groups excluding carboxylic acids is 3. The number of carbonyl (C=O) groups is 3. The van der Waals surface area contributed by atoms with Gasteiger partial charge in [-0.15, -0.1) is 0 Å². The zero-order valence-corrected chi connectivity index (χ0v) is 19.6. The van der Waals surface area contributed by atoms with Gasteiger partial charge in [-0.1, -0.05) is 54.6 Å². The van der Waals surface area contributed by atoms with Gasteiger partial charge in [-0.2, -0.15) is 5.06 Å². The van der Waals surface area contributed by atoms with E-state index in [1.54, 1.807) is 18.0 Å². The molecule has 1 aromatic heterocycles. The molecule has 1 N–H and O–H groups in total. The number of pyridine rings is 1. The van der Waals surface area contributed by atoms with E-state index in [9.17, 15) is 14.4 Å². The number of piperazine rings is 1. The molecule has 9 nitrogen and oxygen atoms in total. The summed E-state index contributed by atoms with van der Waals surface area (Å²) in [6.07, 6.45) is 0.965. The molecule has 0 aliphatic carbocycles. The third-order valence-corrected chi connectivity index (χ3v) is 6.66. The molecular formula is C26H27N5O4. The Kier molecular flexibility index (Phi) is 6.08. The van der Waals surface area contributed by atoms with Gasteiger partial charge < -0.3 is 15.1 Å². The van der Waals surface area contributed by atoms with Crippen LogP contribution in [0, 0.1) is 0 Å². The number of nitrogens with one attached hydrogen (secondary N) is 1. The van der Waals surface area contributed by atoms with Gasteiger partial charge in [-0.25, -0.2) is 4.79 Å². The Balaban J connectivity index is 1.42. The Hall–Kier alpha value is -3.98. The Morgan fingerprint density at radius 2 is 1.83 bits per heavy atom. The largest absolute Gasteiger partial charge is 0.343 e. The number of urea groups is 1. The summed E-state index contributed by atoms with van der Waals surface area (Å²) >= 11 is 0. The van der Waals surface area contributed by atoms with Crippen molar-refractivity contribution < 1.29 is 19.2 Å². The van der Waals surface area contributed by atoms with Gasteiger partial charge in [0.2, 0.25) is 5.91 Å². The number of fused-ring (bicyclic) bond motifs is 2. The number of aromatic nitrogens is 1. The van der Waals surface area contributed by atoms with Crippen molar-refractivity contribution in [3.8, 4) is 0 Å². The summed E-state index contributed by atoms with van der Waals surface area (Å²) < 4.78 is 0. The first kappa shape index (κ1) is 22.8. The van der Waals surface area contributed by atoms with E-state index in [-0.39, 0.29) is 18.4 Å². The van der Waals surface area contributed by atoms with Crippen molar-refractivity contribution >= 4 is 28.7 Å². The molecule has 5 rings (SSSR count).